The van der Waals surface area contributed by atoms with Crippen LogP contribution in [0.25, 0.3) is 10.1 Å². The fourth-order valence-corrected chi connectivity index (χ4v) is 3.05. The number of hydrogen-bond donors (Lipinski definition) is 0. The Morgan fingerprint density at radius 3 is 3.00 bits per heavy atom. The highest BCUT2D eigenvalue weighted by Crippen LogP contribution is 2.33. The molecule has 0 aliphatic heterocycles. The molecule has 1 aromatic heterocycles. The summed E-state index contributed by atoms with van der Waals surface area (Å²) in [4.78, 5) is 0. The minimum atomic E-state index is -0.146. The highest BCUT2D eigenvalue weighted by atomic mass is 127. The van der Waals surface area contributed by atoms with Crippen LogP contribution in [0, 0.1) is 9.39 Å². The van der Waals surface area contributed by atoms with E-state index in [4.69, 9.17) is 0 Å². The monoisotopic (exact) mass is 356 g/mol. The number of hydrogen-bond acceptors (Lipinski definition) is 1. The quantitative estimate of drug-likeness (QED) is 0.484. The molecule has 0 N–H and O–H groups in total. The Kier molecular flexibility index (Phi) is 2.39. The summed E-state index contributed by atoms with van der Waals surface area (Å²) in [5.74, 6) is -0.146. The van der Waals surface area contributed by atoms with Crippen molar-refractivity contribution in [2.24, 2.45) is 0 Å². The molecule has 2 aromatic rings. The molecule has 1 aromatic carbocycles. The van der Waals surface area contributed by atoms with Gasteiger partial charge in [0.2, 0.25) is 0 Å². The molecule has 0 nitrogen and oxygen atoms in total. The van der Waals surface area contributed by atoms with E-state index in [1.54, 1.807) is 0 Å². The number of benzene rings is 1. The first-order valence-electron chi connectivity index (χ1n) is 3.21. The van der Waals surface area contributed by atoms with Crippen molar-refractivity contribution in [3.63, 3.8) is 0 Å². The minimum absolute atomic E-state index is 0.146. The first-order valence-corrected chi connectivity index (χ1v) is 5.96. The Morgan fingerprint density at radius 2 is 2.25 bits per heavy atom. The molecule has 62 valence electrons. The van der Waals surface area contributed by atoms with Crippen LogP contribution in [0.15, 0.2) is 22.0 Å². The summed E-state index contributed by atoms with van der Waals surface area (Å²) in [6.45, 7) is 0. The van der Waals surface area contributed by atoms with Gasteiger partial charge >= 0.3 is 0 Å². The lowest BCUT2D eigenvalue weighted by atomic mass is 10.3. The van der Waals surface area contributed by atoms with E-state index in [-0.39, 0.29) is 5.82 Å². The van der Waals surface area contributed by atoms with Crippen molar-refractivity contribution in [2.45, 2.75) is 0 Å². The van der Waals surface area contributed by atoms with Crippen LogP contribution in [0.2, 0.25) is 0 Å². The minimum Gasteiger partial charge on any atom is -0.205 e. The van der Waals surface area contributed by atoms with Gasteiger partial charge in [0.05, 0.1) is 4.70 Å². The van der Waals surface area contributed by atoms with Crippen LogP contribution in [0.5, 0.6) is 0 Å². The fourth-order valence-electron chi connectivity index (χ4n) is 1.04. The van der Waals surface area contributed by atoms with Gasteiger partial charge in [-0.15, -0.1) is 11.3 Å². The molecule has 12 heavy (non-hydrogen) atoms. The first kappa shape index (κ1) is 8.90. The van der Waals surface area contributed by atoms with E-state index in [0.717, 1.165) is 18.1 Å². The first-order chi connectivity index (χ1) is 5.70. The summed E-state index contributed by atoms with van der Waals surface area (Å²) >= 11 is 6.95. The second kappa shape index (κ2) is 3.23. The highest BCUT2D eigenvalue weighted by Gasteiger charge is 2.08. The van der Waals surface area contributed by atoms with Crippen LogP contribution in [0.4, 0.5) is 4.39 Å². The van der Waals surface area contributed by atoms with E-state index in [1.165, 1.54) is 17.4 Å². The van der Waals surface area contributed by atoms with Crippen LogP contribution >= 0.6 is 49.9 Å². The summed E-state index contributed by atoms with van der Waals surface area (Å²) in [6, 6.07) is 3.45. The van der Waals surface area contributed by atoms with Crippen LogP contribution < -0.4 is 0 Å². The Bertz CT molecular complexity index is 438. The highest BCUT2D eigenvalue weighted by molar-refractivity contribution is 14.1. The van der Waals surface area contributed by atoms with Crippen molar-refractivity contribution in [3.05, 3.63) is 31.4 Å². The molecule has 0 unspecified atom stereocenters. The van der Waals surface area contributed by atoms with Crippen molar-refractivity contribution < 1.29 is 4.39 Å². The van der Waals surface area contributed by atoms with Gasteiger partial charge < -0.3 is 0 Å². The third-order valence-electron chi connectivity index (χ3n) is 1.58. The zero-order chi connectivity index (χ0) is 8.72. The molecular formula is C8H3BrFIS. The van der Waals surface area contributed by atoms with Gasteiger partial charge in [0.25, 0.3) is 0 Å². The topological polar surface area (TPSA) is 0 Å². The molecule has 2 rings (SSSR count). The third-order valence-corrected chi connectivity index (χ3v) is 5.03. The number of halogens is 3. The smallest absolute Gasteiger partial charge is 0.142 e. The van der Waals surface area contributed by atoms with Crippen molar-refractivity contribution in [1.29, 1.82) is 0 Å². The molecular weight excluding hydrogens is 354 g/mol. The van der Waals surface area contributed by atoms with E-state index in [2.05, 4.69) is 38.5 Å². The molecule has 0 radical (unpaired) electrons. The lowest BCUT2D eigenvalue weighted by Gasteiger charge is -1.98. The zero-order valence-electron chi connectivity index (χ0n) is 5.77. The summed E-state index contributed by atoms with van der Waals surface area (Å²) in [7, 11) is 0. The molecule has 0 aliphatic rings. The number of rotatable bonds is 0. The van der Waals surface area contributed by atoms with Crippen molar-refractivity contribution in [2.75, 3.05) is 0 Å². The number of thiophene rings is 1. The van der Waals surface area contributed by atoms with Gasteiger partial charge in [-0.3, -0.25) is 0 Å². The van der Waals surface area contributed by atoms with Gasteiger partial charge in [-0.1, -0.05) is 0 Å². The molecule has 0 atom stereocenters. The van der Waals surface area contributed by atoms with Crippen LogP contribution in [0.3, 0.4) is 0 Å². The van der Waals surface area contributed by atoms with E-state index in [9.17, 15) is 4.39 Å². The molecule has 0 saturated carbocycles. The third kappa shape index (κ3) is 1.29. The molecule has 0 bridgehead atoms. The van der Waals surface area contributed by atoms with Crippen molar-refractivity contribution >= 4 is 59.9 Å². The van der Waals surface area contributed by atoms with Gasteiger partial charge in [0.15, 0.2) is 0 Å². The fraction of sp³-hybridized carbons (Fsp3) is 0. The maximum Gasteiger partial charge on any atom is 0.142 e. The predicted molar refractivity (Wildman–Crippen MR) is 62.2 cm³/mol. The molecule has 0 fully saturated rings. The summed E-state index contributed by atoms with van der Waals surface area (Å²) in [5, 5.41) is 2.90. The molecule has 0 saturated heterocycles. The number of fused-ring (bicyclic) bond motifs is 1. The zero-order valence-corrected chi connectivity index (χ0v) is 10.3. The van der Waals surface area contributed by atoms with Crippen molar-refractivity contribution in [1.82, 2.24) is 0 Å². The van der Waals surface area contributed by atoms with E-state index in [1.807, 2.05) is 11.4 Å². The lowest BCUT2D eigenvalue weighted by molar-refractivity contribution is 0.640. The summed E-state index contributed by atoms with van der Waals surface area (Å²) in [5.41, 5.74) is 0. The lowest BCUT2D eigenvalue weighted by Crippen LogP contribution is -1.80. The maximum atomic E-state index is 13.2. The largest absolute Gasteiger partial charge is 0.205 e. The average molecular weight is 357 g/mol. The maximum absolute atomic E-state index is 13.2. The molecule has 1 heterocycles. The molecule has 0 aliphatic carbocycles. The molecule has 0 spiro atoms. The average Bonchev–Trinajstić information content (AvgIpc) is 2.48. The second-order valence-corrected chi connectivity index (χ2v) is 5.17. The molecule has 4 heteroatoms. The van der Waals surface area contributed by atoms with Gasteiger partial charge in [0, 0.05) is 13.4 Å². The standard InChI is InChI=1S/C8H3BrFIS/c9-5-3-6(10)8-4(7(5)11)1-2-12-8/h1-3H. The summed E-state index contributed by atoms with van der Waals surface area (Å²) < 4.78 is 15.9. The van der Waals surface area contributed by atoms with E-state index >= 15 is 0 Å². The molecule has 0 amide bonds. The van der Waals surface area contributed by atoms with Gasteiger partial charge in [-0.25, -0.2) is 4.39 Å². The van der Waals surface area contributed by atoms with Crippen LogP contribution in [-0.4, -0.2) is 0 Å². The Hall–Kier alpha value is 0.320. The van der Waals surface area contributed by atoms with E-state index < -0.39 is 0 Å². The summed E-state index contributed by atoms with van der Waals surface area (Å²) in [6.07, 6.45) is 0. The normalized spacial score (nSPS) is 10.9. The Balaban J connectivity index is 2.97. The van der Waals surface area contributed by atoms with Gasteiger partial charge in [0.1, 0.15) is 5.82 Å². The van der Waals surface area contributed by atoms with Crippen LogP contribution in [-0.2, 0) is 0 Å². The van der Waals surface area contributed by atoms with Crippen molar-refractivity contribution in [3.8, 4) is 0 Å². The van der Waals surface area contributed by atoms with Gasteiger partial charge in [-0.05, 0) is 56.0 Å². The Labute approximate surface area is 95.0 Å². The van der Waals surface area contributed by atoms with E-state index in [0.29, 0.717) is 0 Å². The van der Waals surface area contributed by atoms with Crippen LogP contribution in [0.1, 0.15) is 0 Å². The van der Waals surface area contributed by atoms with Gasteiger partial charge in [-0.2, -0.15) is 0 Å². The Morgan fingerprint density at radius 1 is 1.50 bits per heavy atom. The second-order valence-electron chi connectivity index (χ2n) is 2.32. The SMILES string of the molecule is Fc1cc(Br)c(I)c2ccsc12. The predicted octanol–water partition coefficient (Wildman–Crippen LogP) is 4.41.